The first-order valence-electron chi connectivity index (χ1n) is 7.28. The lowest BCUT2D eigenvalue weighted by atomic mass is 10.1. The lowest BCUT2D eigenvalue weighted by molar-refractivity contribution is 0.0914. The normalized spacial score (nSPS) is 12.6. The van der Waals surface area contributed by atoms with Crippen LogP contribution in [0.3, 0.4) is 0 Å². The van der Waals surface area contributed by atoms with E-state index in [0.29, 0.717) is 23.4 Å². The number of fused-ring (bicyclic) bond motifs is 1. The maximum atomic E-state index is 14.0. The van der Waals surface area contributed by atoms with Crippen molar-refractivity contribution in [3.05, 3.63) is 33.2 Å². The number of ether oxygens (including phenoxy) is 1. The highest BCUT2D eigenvalue weighted by molar-refractivity contribution is 9.10. The Morgan fingerprint density at radius 1 is 1.35 bits per heavy atom. The highest BCUT2D eigenvalue weighted by Gasteiger charge is 2.20. The Labute approximate surface area is 146 Å². The lowest BCUT2D eigenvalue weighted by Gasteiger charge is -2.24. The summed E-state index contributed by atoms with van der Waals surface area (Å²) in [5, 5.41) is 10.1. The molecule has 0 radical (unpaired) electrons. The van der Waals surface area contributed by atoms with E-state index in [1.54, 1.807) is 0 Å². The van der Waals surface area contributed by atoms with Crippen LogP contribution in [0.4, 0.5) is 4.39 Å². The third kappa shape index (κ3) is 3.73. The van der Waals surface area contributed by atoms with Crippen LogP contribution in [0.2, 0.25) is 0 Å². The van der Waals surface area contributed by atoms with Crippen molar-refractivity contribution in [1.29, 1.82) is 5.26 Å². The van der Waals surface area contributed by atoms with Gasteiger partial charge in [-0.05, 0) is 60.2 Å². The van der Waals surface area contributed by atoms with Gasteiger partial charge in [0, 0.05) is 16.8 Å². The van der Waals surface area contributed by atoms with Crippen LogP contribution < -0.4 is 0 Å². The number of rotatable bonds is 5. The second-order valence-corrected chi connectivity index (χ2v) is 11.9. The molecule has 0 aliphatic rings. The van der Waals surface area contributed by atoms with E-state index in [1.165, 1.54) is 6.07 Å². The molecular formula is C17H22BrFN2OS. The molecule has 126 valence electrons. The van der Waals surface area contributed by atoms with Crippen LogP contribution in [-0.2, 0) is 11.5 Å². The zero-order valence-electron chi connectivity index (χ0n) is 14.2. The molecule has 0 bridgehead atoms. The van der Waals surface area contributed by atoms with E-state index in [1.807, 2.05) is 18.4 Å². The molecule has 0 saturated heterocycles. The fraction of sp³-hybridized carbons (Fsp3) is 0.471. The highest BCUT2D eigenvalue weighted by atomic mass is 79.9. The molecule has 0 fully saturated rings. The summed E-state index contributed by atoms with van der Waals surface area (Å²) in [7, 11) is -0.595. The van der Waals surface area contributed by atoms with Gasteiger partial charge in [-0.1, -0.05) is 0 Å². The SMILES string of the molecule is Cc1c(C)n(COCCS(C)(C)C)c2c(C#N)cc(F)c(Br)c12. The van der Waals surface area contributed by atoms with Crippen LogP contribution in [0.25, 0.3) is 10.9 Å². The maximum absolute atomic E-state index is 14.0. The van der Waals surface area contributed by atoms with Crippen LogP contribution in [0, 0.1) is 31.0 Å². The van der Waals surface area contributed by atoms with E-state index in [2.05, 4.69) is 40.8 Å². The zero-order valence-corrected chi connectivity index (χ0v) is 16.6. The molecule has 0 unspecified atom stereocenters. The number of aryl methyl sites for hydroxylation is 1. The van der Waals surface area contributed by atoms with Crippen molar-refractivity contribution in [3.63, 3.8) is 0 Å². The average Bonchev–Trinajstić information content (AvgIpc) is 2.71. The van der Waals surface area contributed by atoms with E-state index in [-0.39, 0.29) is 0 Å². The van der Waals surface area contributed by atoms with Crippen LogP contribution in [-0.4, -0.2) is 35.7 Å². The molecule has 1 aromatic carbocycles. The van der Waals surface area contributed by atoms with Gasteiger partial charge in [0.05, 0.1) is 22.2 Å². The molecule has 6 heteroatoms. The molecule has 0 amide bonds. The summed E-state index contributed by atoms with van der Waals surface area (Å²) in [5.41, 5.74) is 3.03. The summed E-state index contributed by atoms with van der Waals surface area (Å²) in [6.45, 7) is 4.97. The van der Waals surface area contributed by atoms with Crippen LogP contribution >= 0.6 is 26.0 Å². The quantitative estimate of drug-likeness (QED) is 0.682. The Morgan fingerprint density at radius 2 is 2.00 bits per heavy atom. The van der Waals surface area contributed by atoms with Crippen molar-refractivity contribution < 1.29 is 9.13 Å². The molecule has 2 rings (SSSR count). The molecule has 0 spiro atoms. The minimum absolute atomic E-state index is 0.335. The van der Waals surface area contributed by atoms with E-state index in [4.69, 9.17) is 4.74 Å². The van der Waals surface area contributed by atoms with Gasteiger partial charge in [-0.25, -0.2) is 14.4 Å². The van der Waals surface area contributed by atoms with Crippen molar-refractivity contribution in [2.24, 2.45) is 0 Å². The predicted octanol–water partition coefficient (Wildman–Crippen LogP) is 4.70. The molecule has 1 aromatic heterocycles. The van der Waals surface area contributed by atoms with Crippen molar-refractivity contribution in [2.75, 3.05) is 31.1 Å². The number of halogens is 2. The summed E-state index contributed by atoms with van der Waals surface area (Å²) < 4.78 is 22.2. The third-order valence-corrected chi connectivity index (χ3v) is 6.13. The first-order chi connectivity index (χ1) is 10.7. The molecule has 1 heterocycles. The largest absolute Gasteiger partial charge is 0.360 e. The Hall–Kier alpha value is -1.03. The lowest BCUT2D eigenvalue weighted by Crippen LogP contribution is -2.11. The summed E-state index contributed by atoms with van der Waals surface area (Å²) in [5.74, 6) is 0.625. The molecule has 23 heavy (non-hydrogen) atoms. The fourth-order valence-electron chi connectivity index (χ4n) is 2.50. The number of benzene rings is 1. The van der Waals surface area contributed by atoms with Gasteiger partial charge in [-0.2, -0.15) is 5.26 Å². The van der Waals surface area contributed by atoms with Crippen LogP contribution in [0.15, 0.2) is 10.5 Å². The van der Waals surface area contributed by atoms with Gasteiger partial charge in [-0.3, -0.25) is 0 Å². The minimum Gasteiger partial charge on any atom is -0.360 e. The number of nitrogens with zero attached hydrogens (tertiary/aromatic N) is 2. The van der Waals surface area contributed by atoms with E-state index in [0.717, 1.165) is 27.9 Å². The van der Waals surface area contributed by atoms with Gasteiger partial charge < -0.3 is 9.30 Å². The molecule has 0 N–H and O–H groups in total. The second-order valence-electron chi connectivity index (χ2n) is 6.53. The summed E-state index contributed by atoms with van der Waals surface area (Å²) in [4.78, 5) is 0. The first kappa shape index (κ1) is 18.3. The molecule has 3 nitrogen and oxygen atoms in total. The number of hydrogen-bond acceptors (Lipinski definition) is 2. The smallest absolute Gasteiger partial charge is 0.139 e. The predicted molar refractivity (Wildman–Crippen MR) is 100.0 cm³/mol. The number of nitriles is 1. The highest BCUT2D eigenvalue weighted by Crippen LogP contribution is 2.36. The maximum Gasteiger partial charge on any atom is 0.139 e. The van der Waals surface area contributed by atoms with Gasteiger partial charge in [0.2, 0.25) is 0 Å². The van der Waals surface area contributed by atoms with E-state index < -0.39 is 15.8 Å². The standard InChI is InChI=1S/C17H22BrFN2OS/c1-11-12(2)21(10-22-6-7-23(3,4)5)17-13(9-20)8-14(19)16(18)15(11)17/h8H,6-7,10H2,1-5H3. The van der Waals surface area contributed by atoms with Crippen LogP contribution in [0.1, 0.15) is 16.8 Å². The minimum atomic E-state index is -0.595. The fourth-order valence-corrected chi connectivity index (χ4v) is 3.72. The monoisotopic (exact) mass is 400 g/mol. The molecule has 2 aromatic rings. The van der Waals surface area contributed by atoms with Gasteiger partial charge in [0.15, 0.2) is 0 Å². The number of aromatic nitrogens is 1. The van der Waals surface area contributed by atoms with Crippen molar-refractivity contribution >= 4 is 36.9 Å². The Bertz CT molecular complexity index is 787. The van der Waals surface area contributed by atoms with Gasteiger partial charge in [0.1, 0.15) is 18.6 Å². The Kier molecular flexibility index (Phi) is 5.44. The molecule has 0 aliphatic carbocycles. The Balaban J connectivity index is 2.43. The van der Waals surface area contributed by atoms with Crippen molar-refractivity contribution in [1.82, 2.24) is 4.57 Å². The van der Waals surface area contributed by atoms with E-state index in [9.17, 15) is 9.65 Å². The van der Waals surface area contributed by atoms with Crippen LogP contribution in [0.5, 0.6) is 0 Å². The Morgan fingerprint density at radius 3 is 2.57 bits per heavy atom. The molecular weight excluding hydrogens is 379 g/mol. The first-order valence-corrected chi connectivity index (χ1v) is 11.1. The van der Waals surface area contributed by atoms with Gasteiger partial charge >= 0.3 is 0 Å². The second kappa shape index (κ2) is 6.84. The molecule has 0 atom stereocenters. The summed E-state index contributed by atoms with van der Waals surface area (Å²) in [6.07, 6.45) is 6.76. The average molecular weight is 401 g/mol. The molecule has 0 aliphatic heterocycles. The zero-order chi connectivity index (χ0) is 17.4. The molecule has 0 saturated carbocycles. The third-order valence-electron chi connectivity index (χ3n) is 3.97. The summed E-state index contributed by atoms with van der Waals surface area (Å²) >= 11 is 3.32. The van der Waals surface area contributed by atoms with Crippen molar-refractivity contribution in [2.45, 2.75) is 20.6 Å². The van der Waals surface area contributed by atoms with E-state index >= 15 is 0 Å². The van der Waals surface area contributed by atoms with Gasteiger partial charge in [-0.15, -0.1) is 0 Å². The van der Waals surface area contributed by atoms with Crippen molar-refractivity contribution in [3.8, 4) is 6.07 Å². The van der Waals surface area contributed by atoms with Gasteiger partial charge in [0.25, 0.3) is 0 Å². The summed E-state index contributed by atoms with van der Waals surface area (Å²) in [6, 6.07) is 3.38. The topological polar surface area (TPSA) is 38.0 Å². The number of hydrogen-bond donors (Lipinski definition) is 0.